The van der Waals surface area contributed by atoms with E-state index in [1.165, 1.54) is 76.8 Å². The van der Waals surface area contributed by atoms with Crippen LogP contribution in [0.2, 0.25) is 0 Å². The molecule has 0 radical (unpaired) electrons. The molecule has 2 saturated heterocycles. The molecule has 0 bridgehead atoms. The molecule has 0 amide bonds. The van der Waals surface area contributed by atoms with Crippen LogP contribution >= 0.6 is 0 Å². The van der Waals surface area contributed by atoms with Gasteiger partial charge in [0.2, 0.25) is 0 Å². The van der Waals surface area contributed by atoms with Gasteiger partial charge >= 0.3 is 0 Å². The number of likely N-dealkylation sites (tertiary alicyclic amines) is 2. The summed E-state index contributed by atoms with van der Waals surface area (Å²) in [5, 5.41) is 0. The van der Waals surface area contributed by atoms with E-state index in [4.69, 9.17) is 0 Å². The van der Waals surface area contributed by atoms with Crippen molar-refractivity contribution >= 4 is 0 Å². The Kier molecular flexibility index (Phi) is 4.91. The predicted octanol–water partition coefficient (Wildman–Crippen LogP) is 3.27. The van der Waals surface area contributed by atoms with Crippen LogP contribution in [0.15, 0.2) is 24.5 Å². The molecule has 3 heterocycles. The topological polar surface area (TPSA) is 19.4 Å². The van der Waals surface area contributed by atoms with Crippen LogP contribution in [0.1, 0.15) is 51.0 Å². The lowest BCUT2D eigenvalue weighted by Crippen LogP contribution is -2.40. The molecule has 3 heteroatoms. The molecule has 3 rings (SSSR count). The number of hydrogen-bond donors (Lipinski definition) is 0. The minimum atomic E-state index is 0.205. The fraction of sp³-hybridized carbons (Fsp3) is 0.722. The van der Waals surface area contributed by atoms with Gasteiger partial charge in [-0.2, -0.15) is 0 Å². The van der Waals surface area contributed by atoms with Gasteiger partial charge in [0.15, 0.2) is 0 Å². The van der Waals surface area contributed by atoms with Crippen LogP contribution in [-0.2, 0) is 5.54 Å². The number of rotatable bonds is 5. The zero-order chi connectivity index (χ0) is 14.5. The Morgan fingerprint density at radius 3 is 2.71 bits per heavy atom. The van der Waals surface area contributed by atoms with E-state index in [0.29, 0.717) is 0 Å². The van der Waals surface area contributed by atoms with Crippen LogP contribution in [0.4, 0.5) is 0 Å². The summed E-state index contributed by atoms with van der Waals surface area (Å²) in [5.74, 6) is 0. The van der Waals surface area contributed by atoms with Gasteiger partial charge in [-0.15, -0.1) is 0 Å². The molecule has 0 N–H and O–H groups in total. The molecular weight excluding hydrogens is 258 g/mol. The van der Waals surface area contributed by atoms with Gasteiger partial charge in [0.25, 0.3) is 0 Å². The second-order valence-corrected chi connectivity index (χ2v) is 6.86. The summed E-state index contributed by atoms with van der Waals surface area (Å²) in [4.78, 5) is 9.67. The van der Waals surface area contributed by atoms with E-state index in [0.717, 1.165) is 0 Å². The highest BCUT2D eigenvalue weighted by Gasteiger charge is 2.37. The van der Waals surface area contributed by atoms with Crippen molar-refractivity contribution in [1.82, 2.24) is 14.8 Å². The summed E-state index contributed by atoms with van der Waals surface area (Å²) < 4.78 is 0. The third-order valence-corrected chi connectivity index (χ3v) is 5.42. The number of pyridine rings is 1. The second kappa shape index (κ2) is 6.89. The maximum absolute atomic E-state index is 4.33. The Balaban J connectivity index is 1.54. The van der Waals surface area contributed by atoms with Crippen molar-refractivity contribution in [3.05, 3.63) is 30.1 Å². The largest absolute Gasteiger partial charge is 0.303 e. The summed E-state index contributed by atoms with van der Waals surface area (Å²) in [6.07, 6.45) is 12.1. The summed E-state index contributed by atoms with van der Waals surface area (Å²) in [6.45, 7) is 8.78. The van der Waals surface area contributed by atoms with Gasteiger partial charge in [-0.1, -0.05) is 12.5 Å². The molecule has 0 saturated carbocycles. The average Bonchev–Trinajstić information content (AvgIpc) is 2.92. The highest BCUT2D eigenvalue weighted by atomic mass is 15.2. The normalized spacial score (nSPS) is 28.0. The van der Waals surface area contributed by atoms with E-state index < -0.39 is 0 Å². The Bertz CT molecular complexity index is 427. The maximum atomic E-state index is 4.33. The molecular formula is C18H29N3. The maximum Gasteiger partial charge on any atom is 0.0448 e. The highest BCUT2D eigenvalue weighted by Crippen LogP contribution is 2.38. The number of piperidine rings is 1. The first-order valence-electron chi connectivity index (χ1n) is 8.67. The fourth-order valence-corrected chi connectivity index (χ4v) is 4.05. The van der Waals surface area contributed by atoms with E-state index >= 15 is 0 Å². The Morgan fingerprint density at radius 1 is 1.10 bits per heavy atom. The lowest BCUT2D eigenvalue weighted by molar-refractivity contribution is 0.140. The molecule has 0 spiro atoms. The quantitative estimate of drug-likeness (QED) is 0.828. The van der Waals surface area contributed by atoms with Gasteiger partial charge in [-0.3, -0.25) is 9.88 Å². The van der Waals surface area contributed by atoms with Crippen LogP contribution in [0.3, 0.4) is 0 Å². The molecule has 116 valence electrons. The molecule has 2 aliphatic heterocycles. The minimum absolute atomic E-state index is 0.205. The number of aromatic nitrogens is 1. The SMILES string of the molecule is CC1(c2cccnc2)CCCN1CCCN1CCCCC1. The average molecular weight is 287 g/mol. The first-order chi connectivity index (χ1) is 10.3. The van der Waals surface area contributed by atoms with Gasteiger partial charge in [0.1, 0.15) is 0 Å². The summed E-state index contributed by atoms with van der Waals surface area (Å²) >= 11 is 0. The summed E-state index contributed by atoms with van der Waals surface area (Å²) in [5.41, 5.74) is 1.59. The molecule has 0 aliphatic carbocycles. The molecule has 21 heavy (non-hydrogen) atoms. The van der Waals surface area contributed by atoms with Gasteiger partial charge in [0, 0.05) is 24.5 Å². The zero-order valence-corrected chi connectivity index (χ0v) is 13.4. The standard InChI is InChI=1S/C18H29N3/c1-18(17-8-5-10-19-16-17)9-6-14-21(18)15-7-13-20-11-3-2-4-12-20/h5,8,10,16H,2-4,6-7,9,11-15H2,1H3. The predicted molar refractivity (Wildman–Crippen MR) is 87.3 cm³/mol. The van der Waals surface area contributed by atoms with Crippen LogP contribution in [-0.4, -0.2) is 47.5 Å². The van der Waals surface area contributed by atoms with Crippen LogP contribution in [0, 0.1) is 0 Å². The van der Waals surface area contributed by atoms with Crippen molar-refractivity contribution in [1.29, 1.82) is 0 Å². The molecule has 1 unspecified atom stereocenters. The van der Waals surface area contributed by atoms with Crippen molar-refractivity contribution in [3.8, 4) is 0 Å². The highest BCUT2D eigenvalue weighted by molar-refractivity contribution is 5.21. The Hall–Kier alpha value is -0.930. The van der Waals surface area contributed by atoms with Crippen LogP contribution in [0.5, 0.6) is 0 Å². The van der Waals surface area contributed by atoms with Crippen molar-refractivity contribution in [2.24, 2.45) is 0 Å². The molecule has 2 aliphatic rings. The molecule has 1 atom stereocenters. The van der Waals surface area contributed by atoms with Crippen LogP contribution in [0.25, 0.3) is 0 Å². The van der Waals surface area contributed by atoms with E-state index in [2.05, 4.69) is 40.0 Å². The number of hydrogen-bond acceptors (Lipinski definition) is 3. The monoisotopic (exact) mass is 287 g/mol. The molecule has 3 nitrogen and oxygen atoms in total. The molecule has 0 aromatic carbocycles. The minimum Gasteiger partial charge on any atom is -0.303 e. The number of nitrogens with zero attached hydrogens (tertiary/aromatic N) is 3. The van der Waals surface area contributed by atoms with Gasteiger partial charge in [-0.05, 0) is 76.8 Å². The second-order valence-electron chi connectivity index (χ2n) is 6.86. The summed E-state index contributed by atoms with van der Waals surface area (Å²) in [7, 11) is 0. The summed E-state index contributed by atoms with van der Waals surface area (Å²) in [6, 6.07) is 4.32. The Labute approximate surface area is 129 Å². The fourth-order valence-electron chi connectivity index (χ4n) is 4.05. The molecule has 2 fully saturated rings. The van der Waals surface area contributed by atoms with E-state index in [9.17, 15) is 0 Å². The van der Waals surface area contributed by atoms with Gasteiger partial charge in [-0.25, -0.2) is 0 Å². The first kappa shape index (κ1) is 15.0. The van der Waals surface area contributed by atoms with E-state index in [-0.39, 0.29) is 5.54 Å². The van der Waals surface area contributed by atoms with Crippen molar-refractivity contribution < 1.29 is 0 Å². The third-order valence-electron chi connectivity index (χ3n) is 5.42. The lowest BCUT2D eigenvalue weighted by atomic mass is 9.90. The molecule has 1 aromatic heterocycles. The van der Waals surface area contributed by atoms with Crippen molar-refractivity contribution in [2.75, 3.05) is 32.7 Å². The Morgan fingerprint density at radius 2 is 1.95 bits per heavy atom. The third kappa shape index (κ3) is 3.46. The van der Waals surface area contributed by atoms with E-state index in [1.807, 2.05) is 6.20 Å². The van der Waals surface area contributed by atoms with E-state index in [1.54, 1.807) is 0 Å². The van der Waals surface area contributed by atoms with Gasteiger partial charge < -0.3 is 4.90 Å². The lowest BCUT2D eigenvalue weighted by Gasteiger charge is -2.36. The smallest absolute Gasteiger partial charge is 0.0448 e. The van der Waals surface area contributed by atoms with Crippen molar-refractivity contribution in [3.63, 3.8) is 0 Å². The van der Waals surface area contributed by atoms with Gasteiger partial charge in [0.05, 0.1) is 0 Å². The molecule has 1 aromatic rings. The zero-order valence-electron chi connectivity index (χ0n) is 13.4. The first-order valence-corrected chi connectivity index (χ1v) is 8.67. The van der Waals surface area contributed by atoms with Crippen LogP contribution < -0.4 is 0 Å². The van der Waals surface area contributed by atoms with Crippen molar-refractivity contribution in [2.45, 2.75) is 51.0 Å².